The highest BCUT2D eigenvalue weighted by Crippen LogP contribution is 2.36. The zero-order chi connectivity index (χ0) is 10.0. The summed E-state index contributed by atoms with van der Waals surface area (Å²) in [5.41, 5.74) is 6.14. The van der Waals surface area contributed by atoms with Gasteiger partial charge < -0.3 is 10.5 Å². The van der Waals surface area contributed by atoms with Crippen molar-refractivity contribution < 1.29 is 4.74 Å². The average molecular weight is 198 g/mol. The van der Waals surface area contributed by atoms with Gasteiger partial charge >= 0.3 is 0 Å². The molecule has 0 bridgehead atoms. The van der Waals surface area contributed by atoms with Gasteiger partial charge in [-0.25, -0.2) is 0 Å². The molecule has 0 aromatic rings. The molecule has 1 aliphatic heterocycles. The Morgan fingerprint density at radius 1 is 1.43 bits per heavy atom. The summed E-state index contributed by atoms with van der Waals surface area (Å²) in [7, 11) is 1.85. The molecule has 0 aromatic carbocycles. The van der Waals surface area contributed by atoms with Crippen LogP contribution >= 0.6 is 0 Å². The predicted molar refractivity (Wildman–Crippen MR) is 57.2 cm³/mol. The van der Waals surface area contributed by atoms with Crippen molar-refractivity contribution in [1.82, 2.24) is 4.90 Å². The maximum absolute atomic E-state index is 5.96. The van der Waals surface area contributed by atoms with E-state index >= 15 is 0 Å². The summed E-state index contributed by atoms with van der Waals surface area (Å²) in [5, 5.41) is 0. The number of piperidine rings is 1. The first-order valence-corrected chi connectivity index (χ1v) is 5.77. The molecule has 14 heavy (non-hydrogen) atoms. The normalized spacial score (nSPS) is 32.6. The van der Waals surface area contributed by atoms with Crippen LogP contribution in [0, 0.1) is 0 Å². The van der Waals surface area contributed by atoms with Gasteiger partial charge in [0.05, 0.1) is 5.60 Å². The van der Waals surface area contributed by atoms with Crippen LogP contribution in [0.3, 0.4) is 0 Å². The van der Waals surface area contributed by atoms with E-state index in [2.05, 4.69) is 4.90 Å². The second kappa shape index (κ2) is 4.17. The maximum Gasteiger partial charge on any atom is 0.0805 e. The molecule has 1 aliphatic carbocycles. The van der Waals surface area contributed by atoms with E-state index in [-0.39, 0.29) is 5.60 Å². The molecule has 0 radical (unpaired) electrons. The molecule has 1 unspecified atom stereocenters. The van der Waals surface area contributed by atoms with Crippen molar-refractivity contribution in [2.24, 2.45) is 5.73 Å². The molecule has 2 fully saturated rings. The van der Waals surface area contributed by atoms with Crippen molar-refractivity contribution in [3.63, 3.8) is 0 Å². The van der Waals surface area contributed by atoms with Gasteiger partial charge in [0.2, 0.25) is 0 Å². The third-order valence-electron chi connectivity index (χ3n) is 3.75. The van der Waals surface area contributed by atoms with Gasteiger partial charge in [0.25, 0.3) is 0 Å². The number of likely N-dealkylation sites (tertiary alicyclic amines) is 1. The van der Waals surface area contributed by atoms with Crippen LogP contribution in [0.2, 0.25) is 0 Å². The first-order chi connectivity index (χ1) is 6.74. The van der Waals surface area contributed by atoms with Crippen molar-refractivity contribution in [3.05, 3.63) is 0 Å². The topological polar surface area (TPSA) is 38.5 Å². The Morgan fingerprint density at radius 2 is 2.21 bits per heavy atom. The lowest BCUT2D eigenvalue weighted by Gasteiger charge is -2.45. The summed E-state index contributed by atoms with van der Waals surface area (Å²) in [6.07, 6.45) is 6.23. The standard InChI is InChI=1S/C11H22N2O/c1-14-11(5-3-6-11)9-13-7-2-4-10(12)8-13/h10H,2-9,12H2,1H3. The number of rotatable bonds is 3. The van der Waals surface area contributed by atoms with Crippen molar-refractivity contribution in [2.75, 3.05) is 26.7 Å². The van der Waals surface area contributed by atoms with Gasteiger partial charge in [-0.3, -0.25) is 4.90 Å². The molecular weight excluding hydrogens is 176 g/mol. The van der Waals surface area contributed by atoms with E-state index in [1.807, 2.05) is 7.11 Å². The van der Waals surface area contributed by atoms with E-state index in [0.29, 0.717) is 6.04 Å². The largest absolute Gasteiger partial charge is 0.377 e. The Hall–Kier alpha value is -0.120. The highest BCUT2D eigenvalue weighted by Gasteiger charge is 2.39. The lowest BCUT2D eigenvalue weighted by molar-refractivity contribution is -0.0940. The van der Waals surface area contributed by atoms with Crippen LogP contribution in [-0.4, -0.2) is 43.3 Å². The van der Waals surface area contributed by atoms with E-state index in [4.69, 9.17) is 10.5 Å². The summed E-state index contributed by atoms with van der Waals surface area (Å²) in [6.45, 7) is 3.36. The second-order valence-corrected chi connectivity index (χ2v) is 4.88. The van der Waals surface area contributed by atoms with Gasteiger partial charge in [0.15, 0.2) is 0 Å². The second-order valence-electron chi connectivity index (χ2n) is 4.88. The Morgan fingerprint density at radius 3 is 2.71 bits per heavy atom. The van der Waals surface area contributed by atoms with Crippen LogP contribution in [0.25, 0.3) is 0 Å². The van der Waals surface area contributed by atoms with Crippen LogP contribution < -0.4 is 5.73 Å². The third-order valence-corrected chi connectivity index (χ3v) is 3.75. The van der Waals surface area contributed by atoms with Crippen molar-refractivity contribution in [2.45, 2.75) is 43.7 Å². The van der Waals surface area contributed by atoms with Crippen molar-refractivity contribution in [1.29, 1.82) is 0 Å². The molecule has 2 aliphatic rings. The molecule has 0 spiro atoms. The van der Waals surface area contributed by atoms with Gasteiger partial charge in [0, 0.05) is 26.2 Å². The summed E-state index contributed by atoms with van der Waals surface area (Å²) in [6, 6.07) is 0.387. The first-order valence-electron chi connectivity index (χ1n) is 5.77. The molecule has 2 rings (SSSR count). The molecule has 2 N–H and O–H groups in total. The van der Waals surface area contributed by atoms with Crippen LogP contribution in [-0.2, 0) is 4.74 Å². The Balaban J connectivity index is 1.83. The minimum atomic E-state index is 0.178. The molecule has 3 nitrogen and oxygen atoms in total. The molecular formula is C11H22N2O. The average Bonchev–Trinajstić information content (AvgIpc) is 2.11. The minimum Gasteiger partial charge on any atom is -0.377 e. The zero-order valence-corrected chi connectivity index (χ0v) is 9.17. The number of methoxy groups -OCH3 is 1. The molecule has 1 atom stereocenters. The van der Waals surface area contributed by atoms with Gasteiger partial charge in [-0.15, -0.1) is 0 Å². The number of nitrogens with zero attached hydrogens (tertiary/aromatic N) is 1. The van der Waals surface area contributed by atoms with E-state index < -0.39 is 0 Å². The van der Waals surface area contributed by atoms with Gasteiger partial charge in [-0.1, -0.05) is 0 Å². The van der Waals surface area contributed by atoms with Crippen molar-refractivity contribution in [3.8, 4) is 0 Å². The van der Waals surface area contributed by atoms with Crippen molar-refractivity contribution >= 4 is 0 Å². The van der Waals surface area contributed by atoms with E-state index in [9.17, 15) is 0 Å². The number of hydrogen-bond donors (Lipinski definition) is 1. The maximum atomic E-state index is 5.96. The van der Waals surface area contributed by atoms with Crippen LogP contribution in [0.15, 0.2) is 0 Å². The molecule has 3 heteroatoms. The molecule has 0 amide bonds. The number of hydrogen-bond acceptors (Lipinski definition) is 3. The Kier molecular flexibility index (Phi) is 3.10. The lowest BCUT2D eigenvalue weighted by Crippen LogP contribution is -2.53. The number of nitrogens with two attached hydrogens (primary N) is 1. The fourth-order valence-electron chi connectivity index (χ4n) is 2.64. The summed E-state index contributed by atoms with van der Waals surface area (Å²) < 4.78 is 5.63. The molecule has 82 valence electrons. The van der Waals surface area contributed by atoms with Crippen LogP contribution in [0.4, 0.5) is 0 Å². The van der Waals surface area contributed by atoms with E-state index in [1.165, 1.54) is 38.6 Å². The highest BCUT2D eigenvalue weighted by molar-refractivity contribution is 4.93. The fourth-order valence-corrected chi connectivity index (χ4v) is 2.64. The zero-order valence-electron chi connectivity index (χ0n) is 9.17. The summed E-state index contributed by atoms with van der Waals surface area (Å²) >= 11 is 0. The Labute approximate surface area is 86.6 Å². The molecule has 0 aromatic heterocycles. The third kappa shape index (κ3) is 2.10. The highest BCUT2D eigenvalue weighted by atomic mass is 16.5. The lowest BCUT2D eigenvalue weighted by atomic mass is 9.79. The predicted octanol–water partition coefficient (Wildman–Crippen LogP) is 0.979. The summed E-state index contributed by atoms with van der Waals surface area (Å²) in [5.74, 6) is 0. The molecule has 1 saturated heterocycles. The van der Waals surface area contributed by atoms with Gasteiger partial charge in [-0.2, -0.15) is 0 Å². The SMILES string of the molecule is COC1(CN2CCCC(N)C2)CCC1. The molecule has 1 saturated carbocycles. The molecule has 1 heterocycles. The van der Waals surface area contributed by atoms with E-state index in [0.717, 1.165) is 13.1 Å². The number of ether oxygens (including phenoxy) is 1. The Bertz CT molecular complexity index is 186. The van der Waals surface area contributed by atoms with Crippen LogP contribution in [0.5, 0.6) is 0 Å². The smallest absolute Gasteiger partial charge is 0.0805 e. The fraction of sp³-hybridized carbons (Fsp3) is 1.00. The minimum absolute atomic E-state index is 0.178. The van der Waals surface area contributed by atoms with Gasteiger partial charge in [-0.05, 0) is 38.6 Å². The van der Waals surface area contributed by atoms with E-state index in [1.54, 1.807) is 0 Å². The quantitative estimate of drug-likeness (QED) is 0.734. The van der Waals surface area contributed by atoms with Gasteiger partial charge in [0.1, 0.15) is 0 Å². The first kappa shape index (κ1) is 10.4. The monoisotopic (exact) mass is 198 g/mol. The summed E-state index contributed by atoms with van der Waals surface area (Å²) in [4.78, 5) is 2.48. The van der Waals surface area contributed by atoms with Crippen LogP contribution in [0.1, 0.15) is 32.1 Å².